The van der Waals surface area contributed by atoms with Crippen LogP contribution in [0, 0.1) is 16.6 Å². The Kier molecular flexibility index (Phi) is 5.59. The third-order valence-corrected chi connectivity index (χ3v) is 9.38. The van der Waals surface area contributed by atoms with Gasteiger partial charge in [0.25, 0.3) is 0 Å². The van der Waals surface area contributed by atoms with Crippen molar-refractivity contribution in [3.05, 3.63) is 64.2 Å². The van der Waals surface area contributed by atoms with E-state index in [-0.39, 0.29) is 16.3 Å². The fraction of sp³-hybridized carbons (Fsp3) is 0.464. The van der Waals surface area contributed by atoms with Crippen molar-refractivity contribution in [1.82, 2.24) is 14.5 Å². The van der Waals surface area contributed by atoms with Gasteiger partial charge in [0.1, 0.15) is 11.5 Å². The molecule has 3 heterocycles. The van der Waals surface area contributed by atoms with Crippen LogP contribution in [0.5, 0.6) is 0 Å². The van der Waals surface area contributed by atoms with Crippen molar-refractivity contribution >= 4 is 34.5 Å². The Morgan fingerprint density at radius 2 is 1.86 bits per heavy atom. The van der Waals surface area contributed by atoms with Gasteiger partial charge >= 0.3 is 5.97 Å². The number of fused-ring (bicyclic) bond motifs is 6. The molecule has 0 spiro atoms. The standard InChI is InChI=1S/C28H29ClFN3O3/c29-21-4-3-18(14-22(21)30)16-33-23-17-32(13-5-19(23)20-2-1-12-31-25(20)33)24(34)15-27-6-9-28(10-7-27,11-8-27)26(35)36/h1-4,12,14H,5-11,13,15-17H2,(H,35,36). The van der Waals surface area contributed by atoms with Crippen LogP contribution in [0.2, 0.25) is 5.02 Å². The molecule has 0 unspecified atom stereocenters. The molecule has 4 aliphatic rings. The Balaban J connectivity index is 1.25. The van der Waals surface area contributed by atoms with Crippen molar-refractivity contribution in [2.24, 2.45) is 10.8 Å². The summed E-state index contributed by atoms with van der Waals surface area (Å²) in [5, 5.41) is 10.9. The van der Waals surface area contributed by atoms with Crippen LogP contribution in [0.15, 0.2) is 36.5 Å². The average molecular weight is 510 g/mol. The van der Waals surface area contributed by atoms with Gasteiger partial charge in [-0.3, -0.25) is 9.59 Å². The van der Waals surface area contributed by atoms with Gasteiger partial charge in [0, 0.05) is 36.8 Å². The summed E-state index contributed by atoms with van der Waals surface area (Å²) in [6.07, 6.45) is 7.48. The molecule has 2 aromatic heterocycles. The van der Waals surface area contributed by atoms with E-state index in [4.69, 9.17) is 11.6 Å². The first-order chi connectivity index (χ1) is 17.3. The number of aromatic nitrogens is 2. The van der Waals surface area contributed by atoms with Gasteiger partial charge in [0.15, 0.2) is 0 Å². The number of halogens is 2. The van der Waals surface area contributed by atoms with E-state index in [2.05, 4.69) is 15.6 Å². The van der Waals surface area contributed by atoms with Crippen LogP contribution in [0.4, 0.5) is 4.39 Å². The number of carboxylic acid groups (broad SMARTS) is 1. The number of pyridine rings is 1. The molecule has 188 valence electrons. The number of nitrogens with zero attached hydrogens (tertiary/aromatic N) is 3. The molecule has 8 heteroatoms. The summed E-state index contributed by atoms with van der Waals surface area (Å²) in [5.74, 6) is -0.976. The molecule has 0 saturated heterocycles. The van der Waals surface area contributed by atoms with Crippen molar-refractivity contribution in [3.8, 4) is 0 Å². The number of hydrogen-bond acceptors (Lipinski definition) is 3. The molecular formula is C28H29ClFN3O3. The van der Waals surface area contributed by atoms with Crippen LogP contribution in [0.25, 0.3) is 11.0 Å². The van der Waals surface area contributed by atoms with E-state index in [1.54, 1.807) is 12.3 Å². The number of carboxylic acids is 1. The lowest BCUT2D eigenvalue weighted by Gasteiger charge is -2.51. The molecule has 3 saturated carbocycles. The Morgan fingerprint density at radius 3 is 2.56 bits per heavy atom. The van der Waals surface area contributed by atoms with Crippen LogP contribution in [-0.2, 0) is 29.1 Å². The number of rotatable bonds is 5. The van der Waals surface area contributed by atoms with Crippen molar-refractivity contribution in [2.75, 3.05) is 6.54 Å². The van der Waals surface area contributed by atoms with E-state index in [9.17, 15) is 19.1 Å². The number of carbonyl (C=O) groups excluding carboxylic acids is 1. The first kappa shape index (κ1) is 23.5. The van der Waals surface area contributed by atoms with Gasteiger partial charge < -0.3 is 14.6 Å². The fourth-order valence-corrected chi connectivity index (χ4v) is 6.86. The van der Waals surface area contributed by atoms with E-state index < -0.39 is 17.2 Å². The number of benzene rings is 1. The van der Waals surface area contributed by atoms with Gasteiger partial charge in [-0.15, -0.1) is 0 Å². The minimum absolute atomic E-state index is 0.0658. The van der Waals surface area contributed by atoms with Gasteiger partial charge in [0.2, 0.25) is 5.91 Å². The molecule has 3 aromatic rings. The number of hydrogen-bond donors (Lipinski definition) is 1. The summed E-state index contributed by atoms with van der Waals surface area (Å²) in [6, 6.07) is 8.84. The van der Waals surface area contributed by atoms with Gasteiger partial charge in [0.05, 0.1) is 17.0 Å². The summed E-state index contributed by atoms with van der Waals surface area (Å²) >= 11 is 5.89. The van der Waals surface area contributed by atoms with Crippen molar-refractivity contribution in [3.63, 3.8) is 0 Å². The molecule has 7 rings (SSSR count). The normalized spacial score (nSPS) is 25.2. The van der Waals surface area contributed by atoms with E-state index in [1.165, 1.54) is 11.6 Å². The Labute approximate surface area is 214 Å². The molecule has 3 fully saturated rings. The summed E-state index contributed by atoms with van der Waals surface area (Å²) in [4.78, 5) is 31.9. The first-order valence-corrected chi connectivity index (χ1v) is 13.1. The van der Waals surface area contributed by atoms with Gasteiger partial charge in [-0.2, -0.15) is 0 Å². The van der Waals surface area contributed by atoms with Crippen LogP contribution < -0.4 is 0 Å². The molecule has 1 amide bonds. The molecule has 36 heavy (non-hydrogen) atoms. The number of amides is 1. The average Bonchev–Trinajstić information content (AvgIpc) is 3.20. The SMILES string of the molecule is O=C(CC12CCC(C(=O)O)(CC1)CC2)N1CCc2c(n(Cc3ccc(Cl)c(F)c3)c3ncccc23)C1. The summed E-state index contributed by atoms with van der Waals surface area (Å²) < 4.78 is 16.3. The first-order valence-electron chi connectivity index (χ1n) is 12.7. The fourth-order valence-electron chi connectivity index (χ4n) is 6.75. The summed E-state index contributed by atoms with van der Waals surface area (Å²) in [5.41, 5.74) is 3.25. The van der Waals surface area contributed by atoms with E-state index in [1.807, 2.05) is 17.0 Å². The highest BCUT2D eigenvalue weighted by molar-refractivity contribution is 6.30. The highest BCUT2D eigenvalue weighted by atomic mass is 35.5. The molecular weight excluding hydrogens is 481 g/mol. The maximum absolute atomic E-state index is 14.2. The van der Waals surface area contributed by atoms with Gasteiger partial charge in [-0.1, -0.05) is 17.7 Å². The smallest absolute Gasteiger partial charge is 0.309 e. The lowest BCUT2D eigenvalue weighted by atomic mass is 9.53. The lowest BCUT2D eigenvalue weighted by Crippen LogP contribution is -2.48. The molecule has 6 nitrogen and oxygen atoms in total. The molecule has 1 aliphatic heterocycles. The molecule has 1 aromatic carbocycles. The van der Waals surface area contributed by atoms with E-state index in [0.29, 0.717) is 45.3 Å². The highest BCUT2D eigenvalue weighted by Gasteiger charge is 2.53. The second-order valence-corrected chi connectivity index (χ2v) is 11.4. The highest BCUT2D eigenvalue weighted by Crippen LogP contribution is 2.58. The number of aliphatic carboxylic acids is 1. The maximum atomic E-state index is 14.2. The Morgan fingerprint density at radius 1 is 1.11 bits per heavy atom. The zero-order valence-electron chi connectivity index (χ0n) is 20.1. The van der Waals surface area contributed by atoms with Crippen LogP contribution in [0.3, 0.4) is 0 Å². The third-order valence-electron chi connectivity index (χ3n) is 9.07. The molecule has 0 atom stereocenters. The van der Waals surface area contributed by atoms with E-state index >= 15 is 0 Å². The molecule has 2 bridgehead atoms. The second kappa shape index (κ2) is 8.58. The molecule has 3 aliphatic carbocycles. The van der Waals surface area contributed by atoms with Crippen molar-refractivity contribution in [1.29, 1.82) is 0 Å². The van der Waals surface area contributed by atoms with Crippen LogP contribution >= 0.6 is 11.6 Å². The topological polar surface area (TPSA) is 75.4 Å². The predicted octanol–water partition coefficient (Wildman–Crippen LogP) is 5.58. The third kappa shape index (κ3) is 3.79. The zero-order valence-corrected chi connectivity index (χ0v) is 20.9. The largest absolute Gasteiger partial charge is 0.481 e. The maximum Gasteiger partial charge on any atom is 0.309 e. The van der Waals surface area contributed by atoms with Gasteiger partial charge in [-0.05, 0) is 85.8 Å². The van der Waals surface area contributed by atoms with E-state index in [0.717, 1.165) is 48.0 Å². The summed E-state index contributed by atoms with van der Waals surface area (Å²) in [6.45, 7) is 1.60. The van der Waals surface area contributed by atoms with Crippen LogP contribution in [0.1, 0.15) is 61.8 Å². The van der Waals surface area contributed by atoms with Crippen molar-refractivity contribution in [2.45, 2.75) is 64.5 Å². The summed E-state index contributed by atoms with van der Waals surface area (Å²) in [7, 11) is 0. The van der Waals surface area contributed by atoms with Crippen molar-refractivity contribution < 1.29 is 19.1 Å². The predicted molar refractivity (Wildman–Crippen MR) is 134 cm³/mol. The van der Waals surface area contributed by atoms with Gasteiger partial charge in [-0.25, -0.2) is 9.37 Å². The Bertz CT molecular complexity index is 1360. The zero-order chi connectivity index (χ0) is 25.1. The second-order valence-electron chi connectivity index (χ2n) is 11.0. The molecule has 0 radical (unpaired) electrons. The quantitative estimate of drug-likeness (QED) is 0.487. The lowest BCUT2D eigenvalue weighted by molar-refractivity contribution is -0.160. The molecule has 1 N–H and O–H groups in total. The Hall–Kier alpha value is -2.93. The minimum atomic E-state index is -0.673. The monoisotopic (exact) mass is 509 g/mol. The minimum Gasteiger partial charge on any atom is -0.481 e. The number of carbonyl (C=O) groups is 2. The van der Waals surface area contributed by atoms with Crippen LogP contribution in [-0.4, -0.2) is 38.0 Å².